The number of fused-ring (bicyclic) bond motifs is 1. The molecule has 2 aromatic carbocycles. The summed E-state index contributed by atoms with van der Waals surface area (Å²) in [4.78, 5) is 7.87. The molecule has 0 N–H and O–H groups in total. The van der Waals surface area contributed by atoms with Crippen LogP contribution in [-0.4, -0.2) is 22.8 Å². The van der Waals surface area contributed by atoms with Gasteiger partial charge >= 0.3 is 0 Å². The highest BCUT2D eigenvalue weighted by Gasteiger charge is 2.60. The lowest BCUT2D eigenvalue weighted by atomic mass is 9.87. The fraction of sp³-hybridized carbons (Fsp3) is 0.409. The average Bonchev–Trinajstić information content (AvgIpc) is 3.28. The minimum atomic E-state index is 0.362. The normalized spacial score (nSPS) is 31.5. The molecular weight excluding hydrogens is 328 g/mol. The summed E-state index contributed by atoms with van der Waals surface area (Å²) in [5, 5.41) is 0.790. The van der Waals surface area contributed by atoms with Crippen molar-refractivity contribution in [1.82, 2.24) is 4.90 Å². The molecule has 0 radical (unpaired) electrons. The summed E-state index contributed by atoms with van der Waals surface area (Å²) in [5.41, 5.74) is 3.92. The number of halogens is 1. The fourth-order valence-corrected chi connectivity index (χ4v) is 4.93. The highest BCUT2D eigenvalue weighted by atomic mass is 35.5. The van der Waals surface area contributed by atoms with E-state index in [-0.39, 0.29) is 0 Å². The zero-order chi connectivity index (χ0) is 16.8. The molecule has 0 spiro atoms. The van der Waals surface area contributed by atoms with Crippen molar-refractivity contribution in [3.05, 3.63) is 70.7 Å². The zero-order valence-corrected chi connectivity index (χ0v) is 15.1. The SMILES string of the molecule is Clc1ccc(C2=N[C@@H](C3CCCCC3)N3[C@@H]2[C@@H]3c2ccccc2)cc1. The van der Waals surface area contributed by atoms with E-state index in [2.05, 4.69) is 47.4 Å². The summed E-state index contributed by atoms with van der Waals surface area (Å²) in [6.45, 7) is 0. The van der Waals surface area contributed by atoms with Crippen molar-refractivity contribution in [1.29, 1.82) is 0 Å². The first-order valence-corrected chi connectivity index (χ1v) is 9.87. The number of aliphatic imine (C=N–C) groups is 1. The lowest BCUT2D eigenvalue weighted by molar-refractivity contribution is 0.219. The van der Waals surface area contributed by atoms with Gasteiger partial charge in [-0.25, -0.2) is 0 Å². The first-order valence-electron chi connectivity index (χ1n) is 9.49. The van der Waals surface area contributed by atoms with Crippen LogP contribution in [0.25, 0.3) is 0 Å². The molecule has 3 heteroatoms. The number of rotatable bonds is 3. The van der Waals surface area contributed by atoms with Gasteiger partial charge in [-0.2, -0.15) is 0 Å². The molecule has 0 aromatic heterocycles. The van der Waals surface area contributed by atoms with Gasteiger partial charge in [-0.1, -0.05) is 73.3 Å². The predicted octanol–water partition coefficient (Wildman–Crippen LogP) is 5.47. The van der Waals surface area contributed by atoms with E-state index in [1.807, 2.05) is 12.1 Å². The molecule has 5 rings (SSSR count). The molecule has 1 unspecified atom stereocenters. The Bertz CT molecular complexity index is 777. The van der Waals surface area contributed by atoms with E-state index >= 15 is 0 Å². The van der Waals surface area contributed by atoms with Crippen LogP contribution in [0.3, 0.4) is 0 Å². The third-order valence-corrected chi connectivity index (χ3v) is 6.31. The van der Waals surface area contributed by atoms with Crippen molar-refractivity contribution in [3.8, 4) is 0 Å². The quantitative estimate of drug-likeness (QED) is 0.669. The monoisotopic (exact) mass is 350 g/mol. The molecule has 2 aliphatic heterocycles. The molecule has 25 heavy (non-hydrogen) atoms. The van der Waals surface area contributed by atoms with Gasteiger partial charge in [-0.3, -0.25) is 9.89 Å². The molecular formula is C22H23ClN2. The maximum absolute atomic E-state index is 6.09. The Balaban J connectivity index is 1.50. The molecule has 2 aromatic rings. The van der Waals surface area contributed by atoms with Gasteiger partial charge in [-0.05, 0) is 42.0 Å². The van der Waals surface area contributed by atoms with Gasteiger partial charge in [0.05, 0.1) is 17.8 Å². The standard InChI is InChI=1S/C22H23ClN2/c23-18-13-11-15(12-14-18)19-21-20(16-7-3-1-4-8-16)25(21)22(24-19)17-9-5-2-6-10-17/h1,3-4,7-8,11-14,17,20-22H,2,5-6,9-10H2/t20-,21-,22+,25?/m0/s1. The van der Waals surface area contributed by atoms with E-state index in [9.17, 15) is 0 Å². The summed E-state index contributed by atoms with van der Waals surface area (Å²) in [6.07, 6.45) is 7.13. The average molecular weight is 351 g/mol. The van der Waals surface area contributed by atoms with E-state index in [1.165, 1.54) is 48.9 Å². The molecule has 2 heterocycles. The maximum atomic E-state index is 6.09. The highest BCUT2D eigenvalue weighted by Crippen LogP contribution is 2.53. The minimum absolute atomic E-state index is 0.362. The van der Waals surface area contributed by atoms with Gasteiger partial charge in [0.25, 0.3) is 0 Å². The molecule has 3 aliphatic rings. The van der Waals surface area contributed by atoms with Crippen LogP contribution in [0.5, 0.6) is 0 Å². The van der Waals surface area contributed by atoms with Crippen LogP contribution in [0.4, 0.5) is 0 Å². The number of benzene rings is 2. The molecule has 0 amide bonds. The van der Waals surface area contributed by atoms with Crippen molar-refractivity contribution in [3.63, 3.8) is 0 Å². The number of nitrogens with zero attached hydrogens (tertiary/aromatic N) is 2. The second-order valence-electron chi connectivity index (χ2n) is 7.58. The second kappa shape index (κ2) is 6.26. The molecule has 1 saturated carbocycles. The van der Waals surface area contributed by atoms with Crippen LogP contribution in [0.1, 0.15) is 49.3 Å². The summed E-state index contributed by atoms with van der Waals surface area (Å²) in [7, 11) is 0. The Morgan fingerprint density at radius 2 is 1.56 bits per heavy atom. The van der Waals surface area contributed by atoms with Crippen LogP contribution in [0, 0.1) is 5.92 Å². The largest absolute Gasteiger partial charge is 0.268 e. The third-order valence-electron chi connectivity index (χ3n) is 6.06. The van der Waals surface area contributed by atoms with E-state index < -0.39 is 0 Å². The molecule has 2 nitrogen and oxygen atoms in total. The Labute approximate surface area is 154 Å². The summed E-state index contributed by atoms with van der Waals surface area (Å²) in [5.74, 6) is 0.717. The van der Waals surface area contributed by atoms with Crippen molar-refractivity contribution in [2.24, 2.45) is 10.9 Å². The Morgan fingerprint density at radius 1 is 0.840 bits per heavy atom. The highest BCUT2D eigenvalue weighted by molar-refractivity contribution is 6.30. The van der Waals surface area contributed by atoms with Gasteiger partial charge in [0.1, 0.15) is 6.17 Å². The van der Waals surface area contributed by atoms with Crippen molar-refractivity contribution >= 4 is 17.3 Å². The number of hydrogen-bond donors (Lipinski definition) is 0. The van der Waals surface area contributed by atoms with Crippen molar-refractivity contribution < 1.29 is 0 Å². The van der Waals surface area contributed by atoms with Crippen LogP contribution >= 0.6 is 11.6 Å². The topological polar surface area (TPSA) is 15.4 Å². The lowest BCUT2D eigenvalue weighted by Gasteiger charge is -2.28. The van der Waals surface area contributed by atoms with Crippen LogP contribution in [0.15, 0.2) is 59.6 Å². The van der Waals surface area contributed by atoms with Gasteiger partial charge in [0, 0.05) is 5.02 Å². The molecule has 0 bridgehead atoms. The Kier molecular flexibility index (Phi) is 3.91. The van der Waals surface area contributed by atoms with Crippen molar-refractivity contribution in [2.45, 2.75) is 50.4 Å². The fourth-order valence-electron chi connectivity index (χ4n) is 4.80. The predicted molar refractivity (Wildman–Crippen MR) is 103 cm³/mol. The van der Waals surface area contributed by atoms with Gasteiger partial charge in [0.2, 0.25) is 0 Å². The smallest absolute Gasteiger partial charge is 0.106 e. The molecule has 2 fully saturated rings. The summed E-state index contributed by atoms with van der Waals surface area (Å²) >= 11 is 6.09. The van der Waals surface area contributed by atoms with Crippen LogP contribution in [0.2, 0.25) is 5.02 Å². The van der Waals surface area contributed by atoms with E-state index in [0.717, 1.165) is 10.9 Å². The first kappa shape index (κ1) is 15.6. The van der Waals surface area contributed by atoms with E-state index in [4.69, 9.17) is 16.6 Å². The Hall–Kier alpha value is -1.64. The lowest BCUT2D eigenvalue weighted by Crippen LogP contribution is -2.27. The van der Waals surface area contributed by atoms with E-state index in [0.29, 0.717) is 18.2 Å². The van der Waals surface area contributed by atoms with E-state index in [1.54, 1.807) is 0 Å². The van der Waals surface area contributed by atoms with Crippen molar-refractivity contribution in [2.75, 3.05) is 0 Å². The number of hydrogen-bond acceptors (Lipinski definition) is 2. The molecule has 128 valence electrons. The molecule has 1 aliphatic carbocycles. The minimum Gasteiger partial charge on any atom is -0.268 e. The van der Waals surface area contributed by atoms with Gasteiger partial charge < -0.3 is 0 Å². The van der Waals surface area contributed by atoms with Crippen LogP contribution in [-0.2, 0) is 0 Å². The third kappa shape index (κ3) is 2.72. The Morgan fingerprint density at radius 3 is 2.28 bits per heavy atom. The van der Waals surface area contributed by atoms with Crippen LogP contribution < -0.4 is 0 Å². The summed E-state index contributed by atoms with van der Waals surface area (Å²) < 4.78 is 0. The zero-order valence-electron chi connectivity index (χ0n) is 14.3. The first-order chi connectivity index (χ1) is 12.3. The molecule has 4 atom stereocenters. The van der Waals surface area contributed by atoms with Gasteiger partial charge in [0.15, 0.2) is 0 Å². The summed E-state index contributed by atoms with van der Waals surface area (Å²) in [6, 6.07) is 20.1. The maximum Gasteiger partial charge on any atom is 0.106 e. The van der Waals surface area contributed by atoms with Gasteiger partial charge in [-0.15, -0.1) is 0 Å². The molecule has 1 saturated heterocycles. The second-order valence-corrected chi connectivity index (χ2v) is 8.02.